The molecule has 1 aromatic carbocycles. The average molecular weight is 288 g/mol. The summed E-state index contributed by atoms with van der Waals surface area (Å²) in [5.74, 6) is 0. The molecule has 0 saturated carbocycles. The molecule has 0 bridgehead atoms. The van der Waals surface area contributed by atoms with Crippen LogP contribution >= 0.6 is 0 Å². The molecule has 2 aromatic heterocycles. The summed E-state index contributed by atoms with van der Waals surface area (Å²) in [6.07, 6.45) is 0. The van der Waals surface area contributed by atoms with Crippen LogP contribution in [0, 0.1) is 13.8 Å². The Bertz CT molecular complexity index is 949. The average Bonchev–Trinajstić information content (AvgIpc) is 2.36. The minimum atomic E-state index is -4.31. The summed E-state index contributed by atoms with van der Waals surface area (Å²) in [5, 5.41) is 1.01. The first-order valence-electron chi connectivity index (χ1n) is 6.01. The quantitative estimate of drug-likeness (QED) is 0.550. The molecule has 2 heterocycles. The summed E-state index contributed by atoms with van der Waals surface area (Å²) in [4.78, 5) is 8.67. The molecule has 1 N–H and O–H groups in total. The molecular weight excluding hydrogens is 276 g/mol. The van der Waals surface area contributed by atoms with Crippen LogP contribution in [0.1, 0.15) is 11.4 Å². The van der Waals surface area contributed by atoms with Crippen molar-refractivity contribution >= 4 is 31.9 Å². The van der Waals surface area contributed by atoms with Crippen LogP contribution in [-0.2, 0) is 10.1 Å². The second-order valence-electron chi connectivity index (χ2n) is 4.72. The molecule has 0 aliphatic heterocycles. The van der Waals surface area contributed by atoms with Crippen molar-refractivity contribution in [1.82, 2.24) is 9.97 Å². The number of hydrogen-bond acceptors (Lipinski definition) is 4. The summed E-state index contributed by atoms with van der Waals surface area (Å²) in [5.41, 5.74) is 2.70. The minimum Gasteiger partial charge on any atom is -0.282 e. The van der Waals surface area contributed by atoms with Gasteiger partial charge in [0.2, 0.25) is 0 Å². The summed E-state index contributed by atoms with van der Waals surface area (Å²) in [6.45, 7) is 3.68. The van der Waals surface area contributed by atoms with Gasteiger partial charge >= 0.3 is 0 Å². The Hall–Kier alpha value is -2.05. The highest BCUT2D eigenvalue weighted by Crippen LogP contribution is 2.29. The second-order valence-corrected chi connectivity index (χ2v) is 6.11. The van der Waals surface area contributed by atoms with E-state index in [1.165, 1.54) is 6.07 Å². The number of nitrogens with zero attached hydrogens (tertiary/aromatic N) is 2. The highest BCUT2D eigenvalue weighted by atomic mass is 32.2. The third-order valence-electron chi connectivity index (χ3n) is 3.15. The van der Waals surface area contributed by atoms with Gasteiger partial charge in [-0.25, -0.2) is 0 Å². The summed E-state index contributed by atoms with van der Waals surface area (Å²) >= 11 is 0. The van der Waals surface area contributed by atoms with Gasteiger partial charge in [-0.2, -0.15) is 8.42 Å². The van der Waals surface area contributed by atoms with E-state index in [0.717, 1.165) is 11.4 Å². The number of aryl methyl sites for hydroxylation is 2. The van der Waals surface area contributed by atoms with Crippen molar-refractivity contribution in [3.8, 4) is 0 Å². The maximum Gasteiger partial charge on any atom is 0.295 e. The predicted molar refractivity (Wildman–Crippen MR) is 76.3 cm³/mol. The first-order chi connectivity index (χ1) is 9.36. The van der Waals surface area contributed by atoms with Crippen LogP contribution in [0.4, 0.5) is 0 Å². The lowest BCUT2D eigenvalue weighted by atomic mass is 10.1. The van der Waals surface area contributed by atoms with E-state index in [-0.39, 0.29) is 4.90 Å². The third-order valence-corrected chi connectivity index (χ3v) is 4.05. The highest BCUT2D eigenvalue weighted by Gasteiger charge is 2.18. The van der Waals surface area contributed by atoms with E-state index < -0.39 is 10.1 Å². The van der Waals surface area contributed by atoms with E-state index in [0.29, 0.717) is 21.8 Å². The van der Waals surface area contributed by atoms with Crippen LogP contribution < -0.4 is 0 Å². The SMILES string of the molecule is Cc1ccc2cc(S(=O)(=O)O)c3ccc(C)nc3c2n1. The molecule has 0 saturated heterocycles. The van der Waals surface area contributed by atoms with Gasteiger partial charge in [0.1, 0.15) is 4.90 Å². The lowest BCUT2D eigenvalue weighted by Gasteiger charge is -2.08. The van der Waals surface area contributed by atoms with Crippen molar-refractivity contribution in [3.05, 3.63) is 41.7 Å². The fourth-order valence-electron chi connectivity index (χ4n) is 2.24. The fourth-order valence-corrected chi connectivity index (χ4v) is 2.96. The molecule has 102 valence electrons. The van der Waals surface area contributed by atoms with Crippen LogP contribution in [0.15, 0.2) is 35.2 Å². The molecule has 0 aliphatic carbocycles. The monoisotopic (exact) mass is 288 g/mol. The van der Waals surface area contributed by atoms with Crippen LogP contribution in [-0.4, -0.2) is 22.9 Å². The van der Waals surface area contributed by atoms with Crippen molar-refractivity contribution in [2.24, 2.45) is 0 Å². The summed E-state index contributed by atoms with van der Waals surface area (Å²) < 4.78 is 32.5. The molecule has 3 aromatic rings. The number of pyridine rings is 2. The smallest absolute Gasteiger partial charge is 0.282 e. The number of hydrogen-bond donors (Lipinski definition) is 1. The molecule has 0 spiro atoms. The van der Waals surface area contributed by atoms with E-state index >= 15 is 0 Å². The van der Waals surface area contributed by atoms with Crippen molar-refractivity contribution in [2.75, 3.05) is 0 Å². The Morgan fingerprint density at radius 2 is 1.55 bits per heavy atom. The maximum atomic E-state index is 11.5. The standard InChI is InChI=1S/C14H12N2O3S/c1-8-3-5-10-7-12(20(17,18)19)11-6-4-9(2)16-14(11)13(10)15-8/h3-7H,1-2H3,(H,17,18,19). The lowest BCUT2D eigenvalue weighted by molar-refractivity contribution is 0.484. The fraction of sp³-hybridized carbons (Fsp3) is 0.143. The van der Waals surface area contributed by atoms with Crippen LogP contribution in [0.25, 0.3) is 21.8 Å². The van der Waals surface area contributed by atoms with E-state index in [1.54, 1.807) is 24.3 Å². The molecule has 0 fully saturated rings. The zero-order valence-corrected chi connectivity index (χ0v) is 11.8. The van der Waals surface area contributed by atoms with Gasteiger partial charge in [0.25, 0.3) is 10.1 Å². The zero-order valence-electron chi connectivity index (χ0n) is 11.0. The molecule has 0 radical (unpaired) electrons. The molecule has 3 rings (SSSR count). The van der Waals surface area contributed by atoms with Crippen molar-refractivity contribution in [3.63, 3.8) is 0 Å². The van der Waals surface area contributed by atoms with Gasteiger partial charge in [0.05, 0.1) is 11.0 Å². The van der Waals surface area contributed by atoms with Gasteiger partial charge in [-0.1, -0.05) is 6.07 Å². The van der Waals surface area contributed by atoms with Crippen molar-refractivity contribution in [2.45, 2.75) is 18.7 Å². The maximum absolute atomic E-state index is 11.5. The van der Waals surface area contributed by atoms with Gasteiger partial charge < -0.3 is 0 Å². The molecule has 0 amide bonds. The molecule has 5 nitrogen and oxygen atoms in total. The van der Waals surface area contributed by atoms with Gasteiger partial charge in [0, 0.05) is 22.2 Å². The zero-order chi connectivity index (χ0) is 14.5. The summed E-state index contributed by atoms with van der Waals surface area (Å²) in [7, 11) is -4.31. The Balaban J connectivity index is 2.62. The topological polar surface area (TPSA) is 80.2 Å². The molecule has 0 unspecified atom stereocenters. The molecule has 20 heavy (non-hydrogen) atoms. The van der Waals surface area contributed by atoms with Gasteiger partial charge in [-0.05, 0) is 38.1 Å². The van der Waals surface area contributed by atoms with Crippen LogP contribution in [0.5, 0.6) is 0 Å². The first-order valence-corrected chi connectivity index (χ1v) is 7.45. The number of rotatable bonds is 1. The highest BCUT2D eigenvalue weighted by molar-refractivity contribution is 7.86. The van der Waals surface area contributed by atoms with Crippen LogP contribution in [0.2, 0.25) is 0 Å². The molecule has 6 heteroatoms. The Morgan fingerprint density at radius 1 is 0.950 bits per heavy atom. The Labute approximate surface area is 116 Å². The third kappa shape index (κ3) is 2.03. The van der Waals surface area contributed by atoms with E-state index in [2.05, 4.69) is 9.97 Å². The summed E-state index contributed by atoms with van der Waals surface area (Å²) in [6, 6.07) is 8.34. The number of fused-ring (bicyclic) bond motifs is 3. The van der Waals surface area contributed by atoms with Gasteiger partial charge in [-0.3, -0.25) is 14.5 Å². The molecule has 0 aliphatic rings. The number of aromatic nitrogens is 2. The largest absolute Gasteiger partial charge is 0.295 e. The van der Waals surface area contributed by atoms with Gasteiger partial charge in [-0.15, -0.1) is 0 Å². The van der Waals surface area contributed by atoms with E-state index in [4.69, 9.17) is 0 Å². The lowest BCUT2D eigenvalue weighted by Crippen LogP contribution is -2.01. The van der Waals surface area contributed by atoms with Crippen LogP contribution in [0.3, 0.4) is 0 Å². The Kier molecular flexibility index (Phi) is 2.74. The normalized spacial score (nSPS) is 12.2. The second kappa shape index (κ2) is 4.22. The molecular formula is C14H12N2O3S. The molecule has 0 atom stereocenters. The van der Waals surface area contributed by atoms with E-state index in [9.17, 15) is 13.0 Å². The first kappa shape index (κ1) is 13.0. The van der Waals surface area contributed by atoms with Crippen molar-refractivity contribution in [1.29, 1.82) is 0 Å². The van der Waals surface area contributed by atoms with E-state index in [1.807, 2.05) is 13.8 Å². The number of benzene rings is 1. The Morgan fingerprint density at radius 3 is 2.20 bits per heavy atom. The van der Waals surface area contributed by atoms with Gasteiger partial charge in [0.15, 0.2) is 0 Å². The van der Waals surface area contributed by atoms with Crippen molar-refractivity contribution < 1.29 is 13.0 Å². The predicted octanol–water partition coefficient (Wildman–Crippen LogP) is 2.65. The minimum absolute atomic E-state index is 0.141.